The Balaban J connectivity index is 1.31. The molecule has 5 nitrogen and oxygen atoms in total. The van der Waals surface area contributed by atoms with Gasteiger partial charge in [0.25, 0.3) is 0 Å². The highest BCUT2D eigenvalue weighted by Crippen LogP contribution is 2.24. The van der Waals surface area contributed by atoms with Crippen LogP contribution in [0.25, 0.3) is 11.0 Å². The van der Waals surface area contributed by atoms with Gasteiger partial charge in [0.2, 0.25) is 5.91 Å². The number of aromatic nitrogens is 2. The normalized spacial score (nSPS) is 14.2. The van der Waals surface area contributed by atoms with Gasteiger partial charge in [-0.05, 0) is 55.9 Å². The van der Waals surface area contributed by atoms with Crippen LogP contribution in [-0.2, 0) is 24.2 Å². The number of ether oxygens (including phenoxy) is 1. The first-order valence-electron chi connectivity index (χ1n) is 12.8. The average Bonchev–Trinajstić information content (AvgIpc) is 3.23. The van der Waals surface area contributed by atoms with E-state index >= 15 is 0 Å². The first-order chi connectivity index (χ1) is 16.8. The standard InChI is InChI=1S/C29H37N3O2/c1-2-12-23-13-6-9-18-27(23)34-22-11-21-32-26-17-8-7-16-25(26)31-28(32)19-10-20-30-29(33)24-14-4-3-5-15-24/h2,6-9,13,16-18,24H,1,3-5,10-12,14-15,19-22H2,(H,30,33). The van der Waals surface area contributed by atoms with Crippen molar-refractivity contribution in [3.8, 4) is 5.75 Å². The number of allylic oxidation sites excluding steroid dienone is 1. The number of para-hydroxylation sites is 3. The van der Waals surface area contributed by atoms with Crippen LogP contribution < -0.4 is 10.1 Å². The lowest BCUT2D eigenvalue weighted by molar-refractivity contribution is -0.125. The van der Waals surface area contributed by atoms with E-state index in [1.54, 1.807) is 0 Å². The van der Waals surface area contributed by atoms with E-state index in [2.05, 4.69) is 40.7 Å². The number of carbonyl (C=O) groups is 1. The van der Waals surface area contributed by atoms with Crippen LogP contribution in [0.3, 0.4) is 0 Å². The third-order valence-electron chi connectivity index (χ3n) is 6.71. The number of imidazole rings is 1. The molecule has 1 saturated carbocycles. The maximum atomic E-state index is 12.4. The number of fused-ring (bicyclic) bond motifs is 1. The molecular formula is C29H37N3O2. The number of nitrogens with one attached hydrogen (secondary N) is 1. The molecule has 5 heteroatoms. The van der Waals surface area contributed by atoms with Crippen molar-refractivity contribution in [3.63, 3.8) is 0 Å². The van der Waals surface area contributed by atoms with Gasteiger partial charge in [-0.25, -0.2) is 4.98 Å². The van der Waals surface area contributed by atoms with Gasteiger partial charge < -0.3 is 14.6 Å². The molecule has 1 aromatic heterocycles. The lowest BCUT2D eigenvalue weighted by Crippen LogP contribution is -2.32. The fourth-order valence-electron chi connectivity index (χ4n) is 4.91. The third-order valence-corrected chi connectivity index (χ3v) is 6.71. The predicted molar refractivity (Wildman–Crippen MR) is 138 cm³/mol. The Morgan fingerprint density at radius 1 is 1.09 bits per heavy atom. The molecule has 2 aromatic carbocycles. The molecule has 0 bridgehead atoms. The van der Waals surface area contributed by atoms with E-state index in [0.717, 1.165) is 67.7 Å². The van der Waals surface area contributed by atoms with Gasteiger partial charge in [-0.2, -0.15) is 0 Å². The van der Waals surface area contributed by atoms with E-state index in [9.17, 15) is 4.79 Å². The molecule has 0 atom stereocenters. The van der Waals surface area contributed by atoms with Crippen molar-refractivity contribution in [1.82, 2.24) is 14.9 Å². The van der Waals surface area contributed by atoms with Crippen molar-refractivity contribution in [2.75, 3.05) is 13.2 Å². The van der Waals surface area contributed by atoms with E-state index in [1.165, 1.54) is 24.8 Å². The van der Waals surface area contributed by atoms with Crippen molar-refractivity contribution in [2.45, 2.75) is 64.3 Å². The van der Waals surface area contributed by atoms with Crippen molar-refractivity contribution < 1.29 is 9.53 Å². The van der Waals surface area contributed by atoms with Crippen molar-refractivity contribution >= 4 is 16.9 Å². The van der Waals surface area contributed by atoms with E-state index in [0.29, 0.717) is 13.2 Å². The molecule has 180 valence electrons. The molecule has 0 unspecified atom stereocenters. The van der Waals surface area contributed by atoms with Gasteiger partial charge in [0.1, 0.15) is 11.6 Å². The summed E-state index contributed by atoms with van der Waals surface area (Å²) in [6.07, 6.45) is 11.1. The van der Waals surface area contributed by atoms with E-state index < -0.39 is 0 Å². The third kappa shape index (κ3) is 6.28. The quantitative estimate of drug-likeness (QED) is 0.272. The monoisotopic (exact) mass is 459 g/mol. The van der Waals surface area contributed by atoms with E-state index in [-0.39, 0.29) is 11.8 Å². The highest BCUT2D eigenvalue weighted by Gasteiger charge is 2.20. The van der Waals surface area contributed by atoms with Gasteiger partial charge >= 0.3 is 0 Å². The first-order valence-corrected chi connectivity index (χ1v) is 12.8. The van der Waals surface area contributed by atoms with Crippen LogP contribution >= 0.6 is 0 Å². The Morgan fingerprint density at radius 3 is 2.74 bits per heavy atom. The number of hydrogen-bond acceptors (Lipinski definition) is 3. The Labute approximate surface area is 203 Å². The topological polar surface area (TPSA) is 56.1 Å². The number of carbonyl (C=O) groups excluding carboxylic acids is 1. The summed E-state index contributed by atoms with van der Waals surface area (Å²) in [5.41, 5.74) is 3.36. The Bertz CT molecular complexity index is 1080. The fourth-order valence-corrected chi connectivity index (χ4v) is 4.91. The maximum Gasteiger partial charge on any atom is 0.223 e. The highest BCUT2D eigenvalue weighted by atomic mass is 16.5. The summed E-state index contributed by atoms with van der Waals surface area (Å²) in [5.74, 6) is 2.48. The van der Waals surface area contributed by atoms with Gasteiger partial charge in [-0.1, -0.05) is 55.7 Å². The van der Waals surface area contributed by atoms with Crippen molar-refractivity contribution in [1.29, 1.82) is 0 Å². The van der Waals surface area contributed by atoms with Gasteiger partial charge in [0.15, 0.2) is 0 Å². The van der Waals surface area contributed by atoms with Crippen molar-refractivity contribution in [3.05, 3.63) is 72.6 Å². The minimum atomic E-state index is 0.218. The van der Waals surface area contributed by atoms with Gasteiger partial charge in [0.05, 0.1) is 17.6 Å². The van der Waals surface area contributed by atoms with Crippen LogP contribution in [-0.4, -0.2) is 28.6 Å². The number of nitrogens with zero attached hydrogens (tertiary/aromatic N) is 2. The number of hydrogen-bond donors (Lipinski definition) is 1. The molecule has 1 aliphatic carbocycles. The molecular weight excluding hydrogens is 422 g/mol. The lowest BCUT2D eigenvalue weighted by Gasteiger charge is -2.20. The summed E-state index contributed by atoms with van der Waals surface area (Å²) in [7, 11) is 0. The lowest BCUT2D eigenvalue weighted by atomic mass is 9.89. The summed E-state index contributed by atoms with van der Waals surface area (Å²) >= 11 is 0. The SMILES string of the molecule is C=CCc1ccccc1OCCCn1c(CCCNC(=O)C2CCCCC2)nc2ccccc21. The van der Waals surface area contributed by atoms with Gasteiger partial charge in [-0.3, -0.25) is 4.79 Å². The number of amides is 1. The average molecular weight is 460 g/mol. The van der Waals surface area contributed by atoms with Crippen LogP contribution in [0.1, 0.15) is 56.3 Å². The second-order valence-electron chi connectivity index (χ2n) is 9.20. The molecule has 0 radical (unpaired) electrons. The maximum absolute atomic E-state index is 12.4. The molecule has 1 N–H and O–H groups in total. The molecule has 1 amide bonds. The van der Waals surface area contributed by atoms with Crippen LogP contribution in [0, 0.1) is 5.92 Å². The molecule has 1 heterocycles. The summed E-state index contributed by atoms with van der Waals surface area (Å²) in [5, 5.41) is 3.16. The molecule has 0 saturated heterocycles. The fraction of sp³-hybridized carbons (Fsp3) is 0.448. The number of rotatable bonds is 12. The highest BCUT2D eigenvalue weighted by molar-refractivity contribution is 5.78. The molecule has 0 aliphatic heterocycles. The molecule has 3 aromatic rings. The zero-order valence-corrected chi connectivity index (χ0v) is 20.2. The molecule has 1 aliphatic rings. The van der Waals surface area contributed by atoms with Gasteiger partial charge in [-0.15, -0.1) is 6.58 Å². The Hall–Kier alpha value is -3.08. The Morgan fingerprint density at radius 2 is 1.88 bits per heavy atom. The molecule has 4 rings (SSSR count). The summed E-state index contributed by atoms with van der Waals surface area (Å²) in [6.45, 7) is 6.06. The number of aryl methyl sites for hydroxylation is 2. The number of benzene rings is 2. The second kappa shape index (κ2) is 12.4. The Kier molecular flexibility index (Phi) is 8.78. The minimum absolute atomic E-state index is 0.218. The predicted octanol–water partition coefficient (Wildman–Crippen LogP) is 5.86. The summed E-state index contributed by atoms with van der Waals surface area (Å²) < 4.78 is 8.41. The van der Waals surface area contributed by atoms with Crippen LogP contribution in [0.2, 0.25) is 0 Å². The summed E-state index contributed by atoms with van der Waals surface area (Å²) in [6, 6.07) is 16.5. The largest absolute Gasteiger partial charge is 0.493 e. The van der Waals surface area contributed by atoms with Crippen LogP contribution in [0.5, 0.6) is 5.75 Å². The zero-order valence-electron chi connectivity index (χ0n) is 20.2. The summed E-state index contributed by atoms with van der Waals surface area (Å²) in [4.78, 5) is 17.3. The van der Waals surface area contributed by atoms with Crippen molar-refractivity contribution in [2.24, 2.45) is 5.92 Å². The molecule has 34 heavy (non-hydrogen) atoms. The molecule has 0 spiro atoms. The second-order valence-corrected chi connectivity index (χ2v) is 9.20. The van der Waals surface area contributed by atoms with E-state index in [1.807, 2.05) is 30.3 Å². The van der Waals surface area contributed by atoms with E-state index in [4.69, 9.17) is 9.72 Å². The van der Waals surface area contributed by atoms with Gasteiger partial charge in [0, 0.05) is 25.4 Å². The van der Waals surface area contributed by atoms with Crippen LogP contribution in [0.4, 0.5) is 0 Å². The molecule has 1 fully saturated rings. The smallest absolute Gasteiger partial charge is 0.223 e. The zero-order chi connectivity index (χ0) is 23.6. The first kappa shape index (κ1) is 24.1. The van der Waals surface area contributed by atoms with Crippen LogP contribution in [0.15, 0.2) is 61.2 Å². The minimum Gasteiger partial charge on any atom is -0.493 e.